The standard InChI is InChI=1S/C24H23FN4O3/c1-13-10-14(2)29(28-13)19-7-5-6-18(12-19)27-24(31)23(30)26-16(4)22-15(3)20-11-17(25)8-9-21(20)32-22/h5-12,16H,1-4H3,(H,26,30)(H,27,31). The van der Waals surface area contributed by atoms with Gasteiger partial charge in [0.1, 0.15) is 17.2 Å². The van der Waals surface area contributed by atoms with Crippen molar-refractivity contribution in [3.8, 4) is 5.69 Å². The summed E-state index contributed by atoms with van der Waals surface area (Å²) in [6.07, 6.45) is 0. The molecule has 1 atom stereocenters. The average molecular weight is 434 g/mol. The zero-order valence-electron chi connectivity index (χ0n) is 18.2. The van der Waals surface area contributed by atoms with Crippen LogP contribution < -0.4 is 10.6 Å². The second-order valence-electron chi connectivity index (χ2n) is 7.77. The molecule has 2 aromatic heterocycles. The molecule has 0 spiro atoms. The Morgan fingerprint density at radius 1 is 1.06 bits per heavy atom. The first-order chi connectivity index (χ1) is 15.2. The smallest absolute Gasteiger partial charge is 0.313 e. The van der Waals surface area contributed by atoms with Crippen LogP contribution in [0.1, 0.15) is 35.7 Å². The highest BCUT2D eigenvalue weighted by atomic mass is 19.1. The van der Waals surface area contributed by atoms with E-state index in [1.165, 1.54) is 18.2 Å². The molecule has 4 aromatic rings. The lowest BCUT2D eigenvalue weighted by molar-refractivity contribution is -0.136. The van der Waals surface area contributed by atoms with Gasteiger partial charge in [-0.05, 0) is 70.2 Å². The van der Waals surface area contributed by atoms with E-state index in [0.29, 0.717) is 28.0 Å². The van der Waals surface area contributed by atoms with Crippen molar-refractivity contribution in [1.29, 1.82) is 0 Å². The molecule has 0 aliphatic rings. The minimum Gasteiger partial charge on any atom is -0.459 e. The van der Waals surface area contributed by atoms with Gasteiger partial charge in [-0.1, -0.05) is 6.07 Å². The summed E-state index contributed by atoms with van der Waals surface area (Å²) in [6.45, 7) is 7.33. The Kier molecular flexibility index (Phi) is 5.52. The van der Waals surface area contributed by atoms with Gasteiger partial charge in [0.05, 0.1) is 17.4 Å². The highest BCUT2D eigenvalue weighted by Crippen LogP contribution is 2.30. The fraction of sp³-hybridized carbons (Fsp3) is 0.208. The van der Waals surface area contributed by atoms with Crippen LogP contribution in [0.3, 0.4) is 0 Å². The number of benzene rings is 2. The quantitative estimate of drug-likeness (QED) is 0.463. The molecule has 0 aliphatic heterocycles. The predicted octanol–water partition coefficient (Wildman–Crippen LogP) is 4.50. The molecular formula is C24H23FN4O3. The molecule has 2 aromatic carbocycles. The van der Waals surface area contributed by atoms with E-state index in [9.17, 15) is 14.0 Å². The number of rotatable bonds is 4. The van der Waals surface area contributed by atoms with Gasteiger partial charge in [-0.3, -0.25) is 9.59 Å². The number of nitrogens with zero attached hydrogens (tertiary/aromatic N) is 2. The lowest BCUT2D eigenvalue weighted by atomic mass is 10.1. The molecule has 0 saturated carbocycles. The van der Waals surface area contributed by atoms with Crippen molar-refractivity contribution in [2.75, 3.05) is 5.32 Å². The molecule has 8 heteroatoms. The van der Waals surface area contributed by atoms with Crippen molar-refractivity contribution < 1.29 is 18.4 Å². The maximum Gasteiger partial charge on any atom is 0.313 e. The van der Waals surface area contributed by atoms with E-state index in [1.54, 1.807) is 36.7 Å². The summed E-state index contributed by atoms with van der Waals surface area (Å²) in [5, 5.41) is 10.3. The van der Waals surface area contributed by atoms with Crippen molar-refractivity contribution in [2.24, 2.45) is 0 Å². The number of halogens is 1. The largest absolute Gasteiger partial charge is 0.459 e. The van der Waals surface area contributed by atoms with Gasteiger partial charge in [-0.2, -0.15) is 5.10 Å². The molecule has 2 heterocycles. The van der Waals surface area contributed by atoms with Crippen LogP contribution in [-0.4, -0.2) is 21.6 Å². The molecule has 4 rings (SSSR count). The summed E-state index contributed by atoms with van der Waals surface area (Å²) in [6, 6.07) is 12.7. The molecule has 0 bridgehead atoms. The second-order valence-corrected chi connectivity index (χ2v) is 7.77. The Labute approximate surface area is 184 Å². The molecule has 2 N–H and O–H groups in total. The van der Waals surface area contributed by atoms with Crippen LogP contribution in [-0.2, 0) is 9.59 Å². The molecular weight excluding hydrogens is 411 g/mol. The van der Waals surface area contributed by atoms with Gasteiger partial charge in [-0.25, -0.2) is 9.07 Å². The van der Waals surface area contributed by atoms with E-state index in [2.05, 4.69) is 15.7 Å². The van der Waals surface area contributed by atoms with E-state index in [-0.39, 0.29) is 5.82 Å². The number of carbonyl (C=O) groups excluding carboxylic acids is 2. The zero-order chi connectivity index (χ0) is 23.0. The number of amides is 2. The Balaban J connectivity index is 1.47. The number of aryl methyl sites for hydroxylation is 3. The molecule has 0 fully saturated rings. The van der Waals surface area contributed by atoms with Crippen molar-refractivity contribution >= 4 is 28.5 Å². The lowest BCUT2D eigenvalue weighted by Gasteiger charge is -2.13. The van der Waals surface area contributed by atoms with Crippen LogP contribution >= 0.6 is 0 Å². The number of anilines is 1. The Hall–Kier alpha value is -3.94. The van der Waals surface area contributed by atoms with Crippen molar-refractivity contribution in [3.05, 3.63) is 77.1 Å². The van der Waals surface area contributed by atoms with Gasteiger partial charge in [0.25, 0.3) is 0 Å². The van der Waals surface area contributed by atoms with Gasteiger partial charge in [0, 0.05) is 22.3 Å². The maximum atomic E-state index is 13.5. The van der Waals surface area contributed by atoms with E-state index in [0.717, 1.165) is 17.1 Å². The molecule has 0 radical (unpaired) electrons. The molecule has 2 amide bonds. The fourth-order valence-corrected chi connectivity index (χ4v) is 3.75. The Morgan fingerprint density at radius 2 is 1.84 bits per heavy atom. The maximum absolute atomic E-state index is 13.5. The third kappa shape index (κ3) is 4.12. The van der Waals surface area contributed by atoms with Gasteiger partial charge >= 0.3 is 11.8 Å². The van der Waals surface area contributed by atoms with Gasteiger partial charge in [-0.15, -0.1) is 0 Å². The van der Waals surface area contributed by atoms with E-state index in [1.807, 2.05) is 26.0 Å². The Morgan fingerprint density at radius 3 is 2.56 bits per heavy atom. The second kappa shape index (κ2) is 8.30. The van der Waals surface area contributed by atoms with Crippen LogP contribution in [0, 0.1) is 26.6 Å². The van der Waals surface area contributed by atoms with E-state index < -0.39 is 17.9 Å². The zero-order valence-corrected chi connectivity index (χ0v) is 18.2. The number of hydrogen-bond acceptors (Lipinski definition) is 4. The minimum absolute atomic E-state index is 0.369. The van der Waals surface area contributed by atoms with Crippen LogP contribution in [0.5, 0.6) is 0 Å². The third-order valence-corrected chi connectivity index (χ3v) is 5.24. The third-order valence-electron chi connectivity index (χ3n) is 5.24. The number of hydrogen-bond donors (Lipinski definition) is 2. The van der Waals surface area contributed by atoms with Gasteiger partial charge in [0.15, 0.2) is 0 Å². The first kappa shape index (κ1) is 21.3. The summed E-state index contributed by atoms with van der Waals surface area (Å²) in [5.41, 5.74) is 4.31. The first-order valence-corrected chi connectivity index (χ1v) is 10.2. The summed E-state index contributed by atoms with van der Waals surface area (Å²) >= 11 is 0. The normalized spacial score (nSPS) is 12.0. The summed E-state index contributed by atoms with van der Waals surface area (Å²) in [5.74, 6) is -1.51. The van der Waals surface area contributed by atoms with Crippen molar-refractivity contribution in [1.82, 2.24) is 15.1 Å². The molecule has 0 aliphatic carbocycles. The predicted molar refractivity (Wildman–Crippen MR) is 119 cm³/mol. The summed E-state index contributed by atoms with van der Waals surface area (Å²) in [4.78, 5) is 25.0. The highest BCUT2D eigenvalue weighted by molar-refractivity contribution is 6.39. The number of nitrogens with one attached hydrogen (secondary N) is 2. The van der Waals surface area contributed by atoms with Gasteiger partial charge < -0.3 is 15.1 Å². The molecule has 7 nitrogen and oxygen atoms in total. The van der Waals surface area contributed by atoms with Crippen LogP contribution in [0.25, 0.3) is 16.7 Å². The summed E-state index contributed by atoms with van der Waals surface area (Å²) in [7, 11) is 0. The fourth-order valence-electron chi connectivity index (χ4n) is 3.75. The SMILES string of the molecule is Cc1cc(C)n(-c2cccc(NC(=O)C(=O)NC(C)c3oc4ccc(F)cc4c3C)c2)n1. The van der Waals surface area contributed by atoms with Crippen LogP contribution in [0.2, 0.25) is 0 Å². The molecule has 1 unspecified atom stereocenters. The van der Waals surface area contributed by atoms with Gasteiger partial charge in [0.2, 0.25) is 0 Å². The van der Waals surface area contributed by atoms with Crippen molar-refractivity contribution in [3.63, 3.8) is 0 Å². The first-order valence-electron chi connectivity index (χ1n) is 10.2. The topological polar surface area (TPSA) is 89.2 Å². The summed E-state index contributed by atoms with van der Waals surface area (Å²) < 4.78 is 21.1. The number of furan rings is 1. The number of carbonyl (C=O) groups is 2. The monoisotopic (exact) mass is 434 g/mol. The highest BCUT2D eigenvalue weighted by Gasteiger charge is 2.22. The average Bonchev–Trinajstić information content (AvgIpc) is 3.26. The number of fused-ring (bicyclic) bond motifs is 1. The van der Waals surface area contributed by atoms with Crippen molar-refractivity contribution in [2.45, 2.75) is 33.7 Å². The molecule has 0 saturated heterocycles. The molecule has 32 heavy (non-hydrogen) atoms. The van der Waals surface area contributed by atoms with Crippen LogP contribution in [0.4, 0.5) is 10.1 Å². The Bertz CT molecular complexity index is 1340. The van der Waals surface area contributed by atoms with E-state index >= 15 is 0 Å². The van der Waals surface area contributed by atoms with Crippen LogP contribution in [0.15, 0.2) is 52.9 Å². The minimum atomic E-state index is -0.806. The molecule has 164 valence electrons. The number of aromatic nitrogens is 2. The van der Waals surface area contributed by atoms with E-state index in [4.69, 9.17) is 4.42 Å². The lowest BCUT2D eigenvalue weighted by Crippen LogP contribution is -2.37.